The van der Waals surface area contributed by atoms with Crippen molar-refractivity contribution in [3.8, 4) is 0 Å². The van der Waals surface area contributed by atoms with Crippen molar-refractivity contribution in [2.24, 2.45) is 5.16 Å². The van der Waals surface area contributed by atoms with Crippen molar-refractivity contribution in [2.45, 2.75) is 20.3 Å². The van der Waals surface area contributed by atoms with E-state index in [1.165, 1.54) is 18.2 Å². The smallest absolute Gasteiger partial charge is 0.137 e. The predicted molar refractivity (Wildman–Crippen MR) is 83.1 cm³/mol. The molecular weight excluding hydrogens is 275 g/mol. The SMILES string of the molecule is C=C/C=C(F)\C=C/C/C=N/O/C(C)=C(\C)c1nccs1. The van der Waals surface area contributed by atoms with E-state index in [2.05, 4.69) is 16.7 Å². The summed E-state index contributed by atoms with van der Waals surface area (Å²) in [4.78, 5) is 9.43. The summed E-state index contributed by atoms with van der Waals surface area (Å²) in [7, 11) is 0. The van der Waals surface area contributed by atoms with Crippen molar-refractivity contribution < 1.29 is 9.23 Å². The van der Waals surface area contributed by atoms with Gasteiger partial charge in [-0.3, -0.25) is 0 Å². The van der Waals surface area contributed by atoms with Crippen LogP contribution in [0.5, 0.6) is 0 Å². The molecule has 0 aliphatic rings. The number of hydrogen-bond donors (Lipinski definition) is 0. The maximum Gasteiger partial charge on any atom is 0.137 e. The van der Waals surface area contributed by atoms with Crippen LogP contribution in [0.4, 0.5) is 4.39 Å². The number of hydrogen-bond acceptors (Lipinski definition) is 4. The van der Waals surface area contributed by atoms with Crippen LogP contribution in [-0.2, 0) is 4.84 Å². The highest BCUT2D eigenvalue weighted by atomic mass is 32.1. The maximum atomic E-state index is 12.9. The number of rotatable bonds is 7. The summed E-state index contributed by atoms with van der Waals surface area (Å²) < 4.78 is 12.9. The van der Waals surface area contributed by atoms with Crippen LogP contribution in [-0.4, -0.2) is 11.2 Å². The number of oxime groups is 1. The minimum absolute atomic E-state index is 0.343. The molecule has 0 radical (unpaired) electrons. The van der Waals surface area contributed by atoms with Gasteiger partial charge in [-0.2, -0.15) is 0 Å². The largest absolute Gasteiger partial charge is 0.362 e. The van der Waals surface area contributed by atoms with Crippen molar-refractivity contribution in [3.05, 3.63) is 59.1 Å². The molecule has 0 amide bonds. The zero-order valence-electron chi connectivity index (χ0n) is 11.5. The van der Waals surface area contributed by atoms with Gasteiger partial charge in [-0.15, -0.1) is 11.3 Å². The van der Waals surface area contributed by atoms with E-state index in [1.807, 2.05) is 19.2 Å². The number of halogens is 1. The number of thiazole rings is 1. The predicted octanol–water partition coefficient (Wildman–Crippen LogP) is 4.88. The Morgan fingerprint density at radius 1 is 1.55 bits per heavy atom. The summed E-state index contributed by atoms with van der Waals surface area (Å²) in [6.07, 6.45) is 9.49. The summed E-state index contributed by atoms with van der Waals surface area (Å²) >= 11 is 1.55. The van der Waals surface area contributed by atoms with Crippen LogP contribution < -0.4 is 0 Å². The highest BCUT2D eigenvalue weighted by molar-refractivity contribution is 7.10. The Labute approximate surface area is 122 Å². The molecule has 20 heavy (non-hydrogen) atoms. The van der Waals surface area contributed by atoms with Crippen LogP contribution in [0, 0.1) is 0 Å². The van der Waals surface area contributed by atoms with Gasteiger partial charge in [0.2, 0.25) is 0 Å². The quantitative estimate of drug-likeness (QED) is 0.310. The topological polar surface area (TPSA) is 34.5 Å². The molecule has 1 aromatic heterocycles. The fraction of sp³-hybridized carbons (Fsp3) is 0.200. The molecule has 1 aromatic rings. The number of allylic oxidation sites excluding steroid dienone is 7. The van der Waals surface area contributed by atoms with Gasteiger partial charge in [0.25, 0.3) is 0 Å². The van der Waals surface area contributed by atoms with Crippen molar-refractivity contribution in [1.29, 1.82) is 0 Å². The normalized spacial score (nSPS) is 13.8. The first-order valence-electron chi connectivity index (χ1n) is 6.06. The van der Waals surface area contributed by atoms with Crippen LogP contribution >= 0.6 is 11.3 Å². The molecule has 1 rings (SSSR count). The van der Waals surface area contributed by atoms with Gasteiger partial charge in [0.1, 0.15) is 16.6 Å². The Morgan fingerprint density at radius 2 is 2.35 bits per heavy atom. The minimum Gasteiger partial charge on any atom is -0.362 e. The van der Waals surface area contributed by atoms with Gasteiger partial charge < -0.3 is 4.84 Å². The molecule has 0 saturated heterocycles. The van der Waals surface area contributed by atoms with Gasteiger partial charge in [-0.1, -0.05) is 23.9 Å². The third-order valence-corrected chi connectivity index (χ3v) is 3.23. The fourth-order valence-electron chi connectivity index (χ4n) is 1.20. The van der Waals surface area contributed by atoms with Crippen LogP contribution in [0.25, 0.3) is 5.57 Å². The molecule has 0 bridgehead atoms. The Balaban J connectivity index is 2.43. The zero-order chi connectivity index (χ0) is 14.8. The lowest BCUT2D eigenvalue weighted by atomic mass is 10.3. The van der Waals surface area contributed by atoms with Gasteiger partial charge in [-0.05, 0) is 26.0 Å². The molecule has 0 spiro atoms. The first-order valence-corrected chi connectivity index (χ1v) is 6.94. The third kappa shape index (κ3) is 5.75. The molecule has 0 unspecified atom stereocenters. The molecule has 1 heterocycles. The first-order chi connectivity index (χ1) is 9.65. The Bertz CT molecular complexity index is 542. The Hall–Kier alpha value is -2.01. The monoisotopic (exact) mass is 292 g/mol. The molecule has 0 fully saturated rings. The van der Waals surface area contributed by atoms with Crippen molar-refractivity contribution in [3.63, 3.8) is 0 Å². The van der Waals surface area contributed by atoms with E-state index in [4.69, 9.17) is 4.84 Å². The molecule has 0 N–H and O–H groups in total. The maximum absolute atomic E-state index is 12.9. The number of nitrogens with zero attached hydrogens (tertiary/aromatic N) is 2. The number of aromatic nitrogens is 1. The van der Waals surface area contributed by atoms with Gasteiger partial charge in [0, 0.05) is 29.8 Å². The lowest BCUT2D eigenvalue weighted by Gasteiger charge is -2.01. The molecule has 3 nitrogen and oxygen atoms in total. The van der Waals surface area contributed by atoms with E-state index in [9.17, 15) is 4.39 Å². The van der Waals surface area contributed by atoms with Crippen LogP contribution in [0.1, 0.15) is 25.3 Å². The molecular formula is C15H17FN2OS. The molecule has 0 aromatic carbocycles. The van der Waals surface area contributed by atoms with Crippen LogP contribution in [0.15, 0.2) is 59.2 Å². The highest BCUT2D eigenvalue weighted by Crippen LogP contribution is 2.20. The summed E-state index contributed by atoms with van der Waals surface area (Å²) in [6, 6.07) is 0. The summed E-state index contributed by atoms with van der Waals surface area (Å²) in [5, 5.41) is 6.65. The molecule has 0 saturated carbocycles. The third-order valence-electron chi connectivity index (χ3n) is 2.34. The Kier molecular flexibility index (Phi) is 7.21. The first kappa shape index (κ1) is 16.0. The standard InChI is InChI=1S/C15H17FN2OS/c1-4-7-14(16)8-5-6-9-18-19-13(3)12(2)15-17-10-11-20-15/h4-5,7-11H,1,6H2,2-3H3/b8-5-,13-12+,14-7+,18-9+. The molecule has 0 atom stereocenters. The lowest BCUT2D eigenvalue weighted by molar-refractivity contribution is 0.232. The van der Waals surface area contributed by atoms with Gasteiger partial charge in [0.05, 0.1) is 0 Å². The van der Waals surface area contributed by atoms with Gasteiger partial charge in [0.15, 0.2) is 0 Å². The van der Waals surface area contributed by atoms with E-state index < -0.39 is 0 Å². The van der Waals surface area contributed by atoms with Crippen molar-refractivity contribution >= 4 is 23.1 Å². The van der Waals surface area contributed by atoms with E-state index in [0.29, 0.717) is 12.2 Å². The second-order valence-corrected chi connectivity index (χ2v) is 4.72. The average Bonchev–Trinajstić information content (AvgIpc) is 2.95. The second-order valence-electron chi connectivity index (χ2n) is 3.82. The van der Waals surface area contributed by atoms with Gasteiger partial charge in [-0.25, -0.2) is 9.37 Å². The average molecular weight is 292 g/mol. The zero-order valence-corrected chi connectivity index (χ0v) is 12.4. The fourth-order valence-corrected chi connectivity index (χ4v) is 1.89. The van der Waals surface area contributed by atoms with Crippen molar-refractivity contribution in [2.75, 3.05) is 0 Å². The highest BCUT2D eigenvalue weighted by Gasteiger charge is 2.03. The minimum atomic E-state index is -0.343. The van der Waals surface area contributed by atoms with Crippen LogP contribution in [0.2, 0.25) is 0 Å². The molecule has 106 valence electrons. The molecule has 5 heteroatoms. The molecule has 0 aliphatic heterocycles. The van der Waals surface area contributed by atoms with E-state index in [-0.39, 0.29) is 5.83 Å². The summed E-state index contributed by atoms with van der Waals surface area (Å²) in [5.41, 5.74) is 0.952. The second kappa shape index (κ2) is 8.98. The summed E-state index contributed by atoms with van der Waals surface area (Å²) in [6.45, 7) is 7.17. The van der Waals surface area contributed by atoms with Crippen molar-refractivity contribution in [1.82, 2.24) is 4.98 Å². The van der Waals surface area contributed by atoms with E-state index in [0.717, 1.165) is 10.6 Å². The van der Waals surface area contributed by atoms with Gasteiger partial charge >= 0.3 is 0 Å². The summed E-state index contributed by atoms with van der Waals surface area (Å²) in [5.74, 6) is 0.350. The van der Waals surface area contributed by atoms with E-state index >= 15 is 0 Å². The Morgan fingerprint density at radius 3 is 3.00 bits per heavy atom. The van der Waals surface area contributed by atoms with Crippen LogP contribution in [0.3, 0.4) is 0 Å². The van der Waals surface area contributed by atoms with E-state index in [1.54, 1.807) is 29.8 Å². The lowest BCUT2D eigenvalue weighted by Crippen LogP contribution is -1.87. The molecule has 0 aliphatic carbocycles.